The van der Waals surface area contributed by atoms with Gasteiger partial charge in [0.25, 0.3) is 5.91 Å². The van der Waals surface area contributed by atoms with Crippen LogP contribution in [0.5, 0.6) is 11.5 Å². The zero-order valence-corrected chi connectivity index (χ0v) is 16.1. The number of hydrogen-bond donors (Lipinski definition) is 0. The van der Waals surface area contributed by atoms with E-state index in [1.54, 1.807) is 7.11 Å². The van der Waals surface area contributed by atoms with Crippen LogP contribution < -0.4 is 9.47 Å². The molecule has 2 aromatic rings. The third kappa shape index (κ3) is 5.47. The van der Waals surface area contributed by atoms with Crippen LogP contribution in [0.4, 0.5) is 0 Å². The third-order valence-corrected chi connectivity index (χ3v) is 4.87. The van der Waals surface area contributed by atoms with E-state index in [-0.39, 0.29) is 5.91 Å². The molecule has 2 aromatic carbocycles. The molecule has 1 aliphatic rings. The molecule has 0 bridgehead atoms. The van der Waals surface area contributed by atoms with Crippen molar-refractivity contribution < 1.29 is 14.3 Å². The Bertz CT molecular complexity index is 718. The molecule has 0 aliphatic carbocycles. The summed E-state index contributed by atoms with van der Waals surface area (Å²) in [5.41, 5.74) is 1.31. The summed E-state index contributed by atoms with van der Waals surface area (Å²) in [6, 6.07) is 17.8. The monoisotopic (exact) mass is 368 g/mol. The van der Waals surface area contributed by atoms with Crippen molar-refractivity contribution in [1.82, 2.24) is 9.80 Å². The van der Waals surface area contributed by atoms with E-state index in [1.807, 2.05) is 42.2 Å². The van der Waals surface area contributed by atoms with Gasteiger partial charge in [-0.1, -0.05) is 30.3 Å². The minimum Gasteiger partial charge on any atom is -0.497 e. The highest BCUT2D eigenvalue weighted by atomic mass is 16.5. The van der Waals surface area contributed by atoms with Crippen molar-refractivity contribution in [3.05, 3.63) is 60.2 Å². The highest BCUT2D eigenvalue weighted by Crippen LogP contribution is 2.19. The van der Waals surface area contributed by atoms with Gasteiger partial charge in [0.1, 0.15) is 11.5 Å². The van der Waals surface area contributed by atoms with Crippen LogP contribution in [0.15, 0.2) is 54.6 Å². The molecular weight excluding hydrogens is 340 g/mol. The van der Waals surface area contributed by atoms with Gasteiger partial charge in [0, 0.05) is 32.7 Å². The van der Waals surface area contributed by atoms with E-state index in [0.717, 1.165) is 44.9 Å². The van der Waals surface area contributed by atoms with Crippen LogP contribution in [-0.2, 0) is 11.3 Å². The maximum atomic E-state index is 12.8. The molecule has 1 heterocycles. The average molecular weight is 368 g/mol. The van der Waals surface area contributed by atoms with Crippen LogP contribution in [0.2, 0.25) is 0 Å². The number of hydrogen-bond acceptors (Lipinski definition) is 4. The second kappa shape index (κ2) is 9.42. The Kier molecular flexibility index (Phi) is 6.71. The van der Waals surface area contributed by atoms with Gasteiger partial charge in [-0.3, -0.25) is 9.69 Å². The zero-order chi connectivity index (χ0) is 19.1. The van der Waals surface area contributed by atoms with E-state index in [0.29, 0.717) is 5.75 Å². The maximum absolute atomic E-state index is 12.8. The molecule has 0 aromatic heterocycles. The fourth-order valence-electron chi connectivity index (χ4n) is 3.36. The zero-order valence-electron chi connectivity index (χ0n) is 16.1. The fraction of sp³-hybridized carbons (Fsp3) is 0.409. The number of methoxy groups -OCH3 is 1. The Hall–Kier alpha value is -2.53. The molecule has 0 spiro atoms. The molecule has 1 amide bonds. The first-order valence-corrected chi connectivity index (χ1v) is 9.51. The van der Waals surface area contributed by atoms with Crippen LogP contribution in [0, 0.1) is 0 Å². The van der Waals surface area contributed by atoms with E-state index in [4.69, 9.17) is 9.47 Å². The van der Waals surface area contributed by atoms with Crippen molar-refractivity contribution in [3.8, 4) is 11.5 Å². The molecule has 1 atom stereocenters. The summed E-state index contributed by atoms with van der Waals surface area (Å²) in [6.07, 6.45) is 0.479. The van der Waals surface area contributed by atoms with Crippen molar-refractivity contribution in [3.63, 3.8) is 0 Å². The number of ether oxygens (including phenoxy) is 2. The summed E-state index contributed by atoms with van der Waals surface area (Å²) in [5.74, 6) is 1.50. The minimum absolute atomic E-state index is 0.0485. The van der Waals surface area contributed by atoms with Gasteiger partial charge in [-0.15, -0.1) is 0 Å². The Balaban J connectivity index is 1.52. The summed E-state index contributed by atoms with van der Waals surface area (Å²) in [4.78, 5) is 17.1. The lowest BCUT2D eigenvalue weighted by Gasteiger charge is -2.25. The van der Waals surface area contributed by atoms with Crippen molar-refractivity contribution in [1.29, 1.82) is 0 Å². The first-order chi connectivity index (χ1) is 13.2. The van der Waals surface area contributed by atoms with Gasteiger partial charge in [0.2, 0.25) is 0 Å². The summed E-state index contributed by atoms with van der Waals surface area (Å²) in [7, 11) is 1.63. The maximum Gasteiger partial charge on any atom is 0.263 e. The number of nitrogens with zero attached hydrogens (tertiary/aromatic N) is 2. The molecule has 1 aliphatic heterocycles. The average Bonchev–Trinajstić information content (AvgIpc) is 2.94. The van der Waals surface area contributed by atoms with Gasteiger partial charge < -0.3 is 14.4 Å². The molecular formula is C22H28N2O3. The van der Waals surface area contributed by atoms with E-state index >= 15 is 0 Å². The van der Waals surface area contributed by atoms with E-state index < -0.39 is 6.10 Å². The number of amides is 1. The second-order valence-electron chi connectivity index (χ2n) is 6.88. The third-order valence-electron chi connectivity index (χ3n) is 4.87. The van der Waals surface area contributed by atoms with Crippen LogP contribution in [0.3, 0.4) is 0 Å². The molecule has 0 saturated carbocycles. The van der Waals surface area contributed by atoms with Crippen LogP contribution >= 0.6 is 0 Å². The summed E-state index contributed by atoms with van der Waals surface area (Å²) < 4.78 is 11.0. The Labute approximate surface area is 161 Å². The number of rotatable bonds is 6. The minimum atomic E-state index is -0.501. The standard InChI is InChI=1S/C22H28N2O3/c1-18(27-21-11-9-20(26-2)10-12-21)22(25)24-14-6-13-23(15-16-24)17-19-7-4-3-5-8-19/h3-5,7-12,18H,6,13-17H2,1-2H3. The molecule has 144 valence electrons. The van der Waals surface area contributed by atoms with Crippen molar-refractivity contribution in [2.75, 3.05) is 33.3 Å². The lowest BCUT2D eigenvalue weighted by molar-refractivity contribution is -0.137. The molecule has 5 heteroatoms. The van der Waals surface area contributed by atoms with Crippen LogP contribution in [0.1, 0.15) is 18.9 Å². The summed E-state index contributed by atoms with van der Waals surface area (Å²) in [5, 5.41) is 0. The SMILES string of the molecule is COc1ccc(OC(C)C(=O)N2CCCN(Cc3ccccc3)CC2)cc1. The lowest BCUT2D eigenvalue weighted by atomic mass is 10.2. The largest absolute Gasteiger partial charge is 0.497 e. The second-order valence-corrected chi connectivity index (χ2v) is 6.88. The van der Waals surface area contributed by atoms with Crippen molar-refractivity contribution >= 4 is 5.91 Å². The van der Waals surface area contributed by atoms with Gasteiger partial charge >= 0.3 is 0 Å². The number of benzene rings is 2. The molecule has 1 unspecified atom stereocenters. The summed E-state index contributed by atoms with van der Waals surface area (Å²) >= 11 is 0. The Morgan fingerprint density at radius 1 is 0.963 bits per heavy atom. The van der Waals surface area contributed by atoms with Crippen molar-refractivity contribution in [2.24, 2.45) is 0 Å². The van der Waals surface area contributed by atoms with E-state index in [2.05, 4.69) is 29.2 Å². The molecule has 1 fully saturated rings. The normalized spacial score (nSPS) is 16.4. The molecule has 0 radical (unpaired) electrons. The summed E-state index contributed by atoms with van der Waals surface area (Å²) in [6.45, 7) is 6.16. The molecule has 27 heavy (non-hydrogen) atoms. The van der Waals surface area contributed by atoms with Gasteiger partial charge in [0.05, 0.1) is 7.11 Å². The van der Waals surface area contributed by atoms with Gasteiger partial charge in [-0.05, 0) is 43.2 Å². The predicted octanol–water partition coefficient (Wildman–Crippen LogP) is 3.20. The molecule has 0 N–H and O–H groups in total. The Morgan fingerprint density at radius 2 is 1.67 bits per heavy atom. The van der Waals surface area contributed by atoms with Gasteiger partial charge in [-0.25, -0.2) is 0 Å². The fourth-order valence-corrected chi connectivity index (χ4v) is 3.36. The predicted molar refractivity (Wildman–Crippen MR) is 106 cm³/mol. The molecule has 1 saturated heterocycles. The van der Waals surface area contributed by atoms with Gasteiger partial charge in [0.15, 0.2) is 6.10 Å². The molecule has 3 rings (SSSR count). The van der Waals surface area contributed by atoms with Crippen LogP contribution in [-0.4, -0.2) is 55.1 Å². The topological polar surface area (TPSA) is 42.0 Å². The van der Waals surface area contributed by atoms with Crippen LogP contribution in [0.25, 0.3) is 0 Å². The quantitative estimate of drug-likeness (QED) is 0.785. The van der Waals surface area contributed by atoms with E-state index in [1.165, 1.54) is 5.56 Å². The molecule has 5 nitrogen and oxygen atoms in total. The highest BCUT2D eigenvalue weighted by Gasteiger charge is 2.24. The van der Waals surface area contributed by atoms with Crippen molar-refractivity contribution in [2.45, 2.75) is 26.0 Å². The lowest BCUT2D eigenvalue weighted by Crippen LogP contribution is -2.42. The number of carbonyl (C=O) groups is 1. The first-order valence-electron chi connectivity index (χ1n) is 9.51. The van der Waals surface area contributed by atoms with E-state index in [9.17, 15) is 4.79 Å². The highest BCUT2D eigenvalue weighted by molar-refractivity contribution is 5.81. The first kappa shape index (κ1) is 19.2. The smallest absolute Gasteiger partial charge is 0.263 e. The number of carbonyl (C=O) groups excluding carboxylic acids is 1. The Morgan fingerprint density at radius 3 is 2.37 bits per heavy atom. The van der Waals surface area contributed by atoms with Gasteiger partial charge in [-0.2, -0.15) is 0 Å².